The fraction of sp³-hybridized carbons (Fsp3) is 0.150. The lowest BCUT2D eigenvalue weighted by atomic mass is 10.1. The molecule has 2 heterocycles. The summed E-state index contributed by atoms with van der Waals surface area (Å²) in [5.41, 5.74) is 4.86. The van der Waals surface area contributed by atoms with Crippen molar-refractivity contribution in [2.24, 2.45) is 0 Å². The van der Waals surface area contributed by atoms with Crippen molar-refractivity contribution in [3.8, 4) is 0 Å². The van der Waals surface area contributed by atoms with Gasteiger partial charge in [0.2, 0.25) is 0 Å². The molecule has 25 heavy (non-hydrogen) atoms. The molecular weight excluding hydrogens is 328 g/mol. The molecule has 2 aromatic heterocycles. The van der Waals surface area contributed by atoms with Gasteiger partial charge in [0.15, 0.2) is 0 Å². The Hall–Kier alpha value is -2.79. The van der Waals surface area contributed by atoms with Crippen LogP contribution in [0, 0.1) is 0 Å². The molecule has 0 saturated heterocycles. The summed E-state index contributed by atoms with van der Waals surface area (Å²) in [5.74, 6) is 0. The van der Waals surface area contributed by atoms with Gasteiger partial charge in [0.1, 0.15) is 0 Å². The van der Waals surface area contributed by atoms with Crippen molar-refractivity contribution in [3.63, 3.8) is 0 Å². The van der Waals surface area contributed by atoms with E-state index in [-0.39, 0.29) is 0 Å². The highest BCUT2D eigenvalue weighted by molar-refractivity contribution is 7.13. The molecule has 0 atom stereocenters. The van der Waals surface area contributed by atoms with Crippen molar-refractivity contribution in [1.82, 2.24) is 18.9 Å². The van der Waals surface area contributed by atoms with Gasteiger partial charge in [-0.1, -0.05) is 54.0 Å². The van der Waals surface area contributed by atoms with Gasteiger partial charge >= 0.3 is 0 Å². The van der Waals surface area contributed by atoms with E-state index in [2.05, 4.69) is 79.7 Å². The van der Waals surface area contributed by atoms with Gasteiger partial charge in [-0.15, -0.1) is 0 Å². The maximum atomic E-state index is 4.14. The molecule has 0 aliphatic heterocycles. The van der Waals surface area contributed by atoms with Gasteiger partial charge in [-0.25, -0.2) is 4.98 Å². The number of para-hydroxylation sites is 1. The lowest BCUT2D eigenvalue weighted by molar-refractivity contribution is 0.715. The van der Waals surface area contributed by atoms with Crippen molar-refractivity contribution in [3.05, 3.63) is 90.3 Å². The minimum atomic E-state index is 0.822. The second-order valence-corrected chi connectivity index (χ2v) is 7.02. The smallest absolute Gasteiger partial charge is 0.0921 e. The summed E-state index contributed by atoms with van der Waals surface area (Å²) < 4.78 is 3.62. The van der Waals surface area contributed by atoms with E-state index in [1.165, 1.54) is 16.0 Å². The zero-order valence-corrected chi connectivity index (χ0v) is 14.7. The normalized spacial score (nSPS) is 10.9. The number of aromatic amines is 2. The fourth-order valence-corrected chi connectivity index (χ4v) is 3.88. The van der Waals surface area contributed by atoms with Gasteiger partial charge in [0.05, 0.1) is 22.2 Å². The van der Waals surface area contributed by atoms with Crippen molar-refractivity contribution >= 4 is 21.7 Å². The van der Waals surface area contributed by atoms with Crippen LogP contribution in [0.3, 0.4) is 0 Å². The average Bonchev–Trinajstić information content (AvgIpc) is 3.10. The van der Waals surface area contributed by atoms with Crippen LogP contribution in [0.15, 0.2) is 73.3 Å². The van der Waals surface area contributed by atoms with E-state index in [1.807, 2.05) is 6.20 Å². The number of hydrogen-bond acceptors (Lipinski definition) is 2. The third-order valence-electron chi connectivity index (χ3n) is 4.18. The molecule has 0 fully saturated rings. The monoisotopic (exact) mass is 348 g/mol. The molecule has 2 aromatic carbocycles. The van der Waals surface area contributed by atoms with E-state index in [9.17, 15) is 0 Å². The molecule has 0 saturated carbocycles. The van der Waals surface area contributed by atoms with Crippen LogP contribution in [-0.4, -0.2) is 18.9 Å². The summed E-state index contributed by atoms with van der Waals surface area (Å²) in [6, 6.07) is 19.1. The van der Waals surface area contributed by atoms with E-state index < -0.39 is 0 Å². The third-order valence-corrected chi connectivity index (χ3v) is 5.37. The molecule has 0 spiro atoms. The number of benzene rings is 2. The zero-order chi connectivity index (χ0) is 16.9. The second-order valence-electron chi connectivity index (χ2n) is 5.96. The van der Waals surface area contributed by atoms with E-state index in [0.717, 1.165) is 30.6 Å². The molecule has 126 valence electrons. The molecule has 0 radical (unpaired) electrons. The van der Waals surface area contributed by atoms with Crippen LogP contribution in [0.4, 0.5) is 0 Å². The zero-order valence-electron chi connectivity index (χ0n) is 13.9. The van der Waals surface area contributed by atoms with Crippen LogP contribution in [0.5, 0.6) is 0 Å². The minimum absolute atomic E-state index is 0.822. The summed E-state index contributed by atoms with van der Waals surface area (Å²) in [4.78, 5) is 10.8. The minimum Gasteiger partial charge on any atom is -0.359 e. The Morgan fingerprint density at radius 1 is 0.960 bits per heavy atom. The Balaban J connectivity index is 1.72. The maximum absolute atomic E-state index is 4.14. The Kier molecular flexibility index (Phi) is 4.65. The maximum Gasteiger partial charge on any atom is 0.0921 e. The summed E-state index contributed by atoms with van der Waals surface area (Å²) >= 11 is 1.80. The van der Waals surface area contributed by atoms with E-state index >= 15 is 0 Å². The molecular formula is C20H20N4S. The molecule has 0 amide bonds. The number of hydrogen-bond donors (Lipinski definition) is 2. The standard InChI is InChI=1S/C20H20N4S/c1-2-6-16(7-3-1)10-11-24-18(12-17-13-21-15-23-17)14-22-19-8-4-5-9-20(19)25-24/h1-9,13-15,22H,10-12H2,(H,21,23). The Bertz CT molecular complexity index is 975. The van der Waals surface area contributed by atoms with E-state index in [0.29, 0.717) is 0 Å². The Morgan fingerprint density at radius 3 is 2.64 bits per heavy atom. The van der Waals surface area contributed by atoms with Crippen molar-refractivity contribution in [2.45, 2.75) is 19.4 Å². The largest absolute Gasteiger partial charge is 0.359 e. The summed E-state index contributed by atoms with van der Waals surface area (Å²) in [7, 11) is 0. The van der Waals surface area contributed by atoms with Gasteiger partial charge in [0.25, 0.3) is 0 Å². The van der Waals surface area contributed by atoms with Crippen LogP contribution in [0.25, 0.3) is 10.2 Å². The highest BCUT2D eigenvalue weighted by atomic mass is 32.1. The highest BCUT2D eigenvalue weighted by Crippen LogP contribution is 2.19. The first-order chi connectivity index (χ1) is 12.4. The predicted molar refractivity (Wildman–Crippen MR) is 103 cm³/mol. The number of nitrogens with zero attached hydrogens (tertiary/aromatic N) is 2. The topological polar surface area (TPSA) is 49.4 Å². The lowest BCUT2D eigenvalue weighted by Gasteiger charge is -2.09. The van der Waals surface area contributed by atoms with E-state index in [1.54, 1.807) is 17.9 Å². The second kappa shape index (κ2) is 7.40. The number of imidazole rings is 1. The van der Waals surface area contributed by atoms with Gasteiger partial charge in [-0.2, -0.15) is 0 Å². The number of fused-ring (bicyclic) bond motifs is 1. The van der Waals surface area contributed by atoms with Crippen LogP contribution < -0.4 is 0 Å². The molecule has 5 heteroatoms. The quantitative estimate of drug-likeness (QED) is 0.539. The van der Waals surface area contributed by atoms with Gasteiger partial charge in [-0.05, 0) is 24.1 Å². The number of aromatic nitrogens is 4. The fourth-order valence-electron chi connectivity index (χ4n) is 2.86. The number of nitrogens with one attached hydrogen (secondary N) is 2. The Morgan fingerprint density at radius 2 is 1.80 bits per heavy atom. The van der Waals surface area contributed by atoms with Crippen molar-refractivity contribution in [2.75, 3.05) is 0 Å². The van der Waals surface area contributed by atoms with Crippen LogP contribution in [-0.2, 0) is 19.4 Å². The number of H-pyrrole nitrogens is 2. The first-order valence-corrected chi connectivity index (χ1v) is 9.17. The van der Waals surface area contributed by atoms with Gasteiger partial charge in [-0.3, -0.25) is 3.96 Å². The molecule has 0 aliphatic rings. The van der Waals surface area contributed by atoms with Crippen LogP contribution in [0.2, 0.25) is 0 Å². The summed E-state index contributed by atoms with van der Waals surface area (Å²) in [6.45, 7) is 0.949. The average molecular weight is 348 g/mol. The lowest BCUT2D eigenvalue weighted by Crippen LogP contribution is -2.05. The summed E-state index contributed by atoms with van der Waals surface area (Å²) in [6.07, 6.45) is 7.57. The van der Waals surface area contributed by atoms with Gasteiger partial charge < -0.3 is 9.97 Å². The molecule has 4 rings (SSSR count). The first kappa shape index (κ1) is 15.7. The van der Waals surface area contributed by atoms with E-state index in [4.69, 9.17) is 0 Å². The van der Waals surface area contributed by atoms with Crippen LogP contribution >= 0.6 is 11.5 Å². The molecule has 0 bridgehead atoms. The number of rotatable bonds is 5. The molecule has 0 aliphatic carbocycles. The van der Waals surface area contributed by atoms with Gasteiger partial charge in [0, 0.05) is 31.1 Å². The van der Waals surface area contributed by atoms with Crippen molar-refractivity contribution in [1.29, 1.82) is 0 Å². The molecule has 2 N–H and O–H groups in total. The van der Waals surface area contributed by atoms with Crippen molar-refractivity contribution < 1.29 is 0 Å². The third kappa shape index (κ3) is 3.83. The molecule has 4 nitrogen and oxygen atoms in total. The SMILES string of the molecule is c1ccc(CCn2sc3ccccc3[nH]cc2Cc2cnc[nH]2)cc1. The summed E-state index contributed by atoms with van der Waals surface area (Å²) in [5, 5.41) is 0. The van der Waals surface area contributed by atoms with Crippen LogP contribution in [0.1, 0.15) is 17.0 Å². The number of aryl methyl sites for hydroxylation is 2. The molecule has 4 aromatic rings. The Labute approximate surface area is 150 Å². The predicted octanol–water partition coefficient (Wildman–Crippen LogP) is 4.71. The highest BCUT2D eigenvalue weighted by Gasteiger charge is 2.05. The molecule has 0 unspecified atom stereocenters. The first-order valence-electron chi connectivity index (χ1n) is 8.40.